The number of nitrogens with zero attached hydrogens (tertiary/aromatic N) is 3. The SMILES string of the molecule is CCCCOc1cc(N2CCCN(Cc3cccnc3OC)C2=O)ccc1OC. The van der Waals surface area contributed by atoms with Gasteiger partial charge in [-0.25, -0.2) is 9.78 Å². The van der Waals surface area contributed by atoms with E-state index in [4.69, 9.17) is 14.2 Å². The van der Waals surface area contributed by atoms with E-state index < -0.39 is 0 Å². The quantitative estimate of drug-likeness (QED) is 0.594. The van der Waals surface area contributed by atoms with Gasteiger partial charge in [-0.1, -0.05) is 19.4 Å². The molecule has 2 amide bonds. The number of rotatable bonds is 9. The van der Waals surface area contributed by atoms with Gasteiger partial charge in [-0.3, -0.25) is 4.90 Å². The number of anilines is 1. The second-order valence-electron chi connectivity index (χ2n) is 6.92. The molecule has 0 aliphatic carbocycles. The number of pyridine rings is 1. The van der Waals surface area contributed by atoms with Gasteiger partial charge in [-0.05, 0) is 31.0 Å². The van der Waals surface area contributed by atoms with E-state index in [2.05, 4.69) is 11.9 Å². The summed E-state index contributed by atoms with van der Waals surface area (Å²) in [6, 6.07) is 9.40. The Labute approximate surface area is 172 Å². The Kier molecular flexibility index (Phi) is 7.16. The molecule has 0 spiro atoms. The fraction of sp³-hybridized carbons (Fsp3) is 0.455. The lowest BCUT2D eigenvalue weighted by atomic mass is 10.2. The molecule has 7 heteroatoms. The lowest BCUT2D eigenvalue weighted by Gasteiger charge is -2.36. The zero-order valence-electron chi connectivity index (χ0n) is 17.4. The van der Waals surface area contributed by atoms with Gasteiger partial charge in [0.05, 0.1) is 27.4 Å². The van der Waals surface area contributed by atoms with E-state index in [9.17, 15) is 4.79 Å². The maximum atomic E-state index is 13.2. The van der Waals surface area contributed by atoms with Crippen molar-refractivity contribution < 1.29 is 19.0 Å². The fourth-order valence-electron chi connectivity index (χ4n) is 3.37. The van der Waals surface area contributed by atoms with Crippen LogP contribution in [0.15, 0.2) is 36.5 Å². The molecule has 1 aliphatic rings. The topological polar surface area (TPSA) is 64.1 Å². The molecule has 0 bridgehead atoms. The van der Waals surface area contributed by atoms with Gasteiger partial charge >= 0.3 is 6.03 Å². The molecule has 3 rings (SSSR count). The number of aromatic nitrogens is 1. The van der Waals surface area contributed by atoms with Gasteiger partial charge in [-0.2, -0.15) is 0 Å². The summed E-state index contributed by atoms with van der Waals surface area (Å²) >= 11 is 0. The molecule has 1 aromatic carbocycles. The molecule has 2 aromatic rings. The number of unbranched alkanes of at least 4 members (excludes halogenated alkanes) is 1. The van der Waals surface area contributed by atoms with Crippen molar-refractivity contribution in [3.63, 3.8) is 0 Å². The Morgan fingerprint density at radius 2 is 1.97 bits per heavy atom. The summed E-state index contributed by atoms with van der Waals surface area (Å²) in [6.45, 7) is 4.57. The van der Waals surface area contributed by atoms with Gasteiger partial charge in [0.2, 0.25) is 5.88 Å². The maximum absolute atomic E-state index is 13.2. The summed E-state index contributed by atoms with van der Waals surface area (Å²) in [7, 11) is 3.21. The molecule has 1 saturated heterocycles. The zero-order valence-corrected chi connectivity index (χ0v) is 17.4. The monoisotopic (exact) mass is 399 g/mol. The van der Waals surface area contributed by atoms with Gasteiger partial charge in [0, 0.05) is 36.6 Å². The Bertz CT molecular complexity index is 827. The third-order valence-electron chi connectivity index (χ3n) is 4.93. The lowest BCUT2D eigenvalue weighted by molar-refractivity contribution is 0.191. The Hall–Kier alpha value is -2.96. The summed E-state index contributed by atoms with van der Waals surface area (Å²) in [5, 5.41) is 0. The van der Waals surface area contributed by atoms with Crippen LogP contribution in [-0.2, 0) is 6.54 Å². The molecule has 1 aliphatic heterocycles. The normalized spacial score (nSPS) is 14.1. The van der Waals surface area contributed by atoms with Crippen LogP contribution >= 0.6 is 0 Å². The molecule has 156 valence electrons. The van der Waals surface area contributed by atoms with Crippen LogP contribution in [0.5, 0.6) is 17.4 Å². The second kappa shape index (κ2) is 10.0. The van der Waals surface area contributed by atoms with E-state index in [1.54, 1.807) is 25.3 Å². The van der Waals surface area contributed by atoms with Gasteiger partial charge in [0.15, 0.2) is 11.5 Å². The van der Waals surface area contributed by atoms with Crippen molar-refractivity contribution in [2.45, 2.75) is 32.7 Å². The molecule has 29 heavy (non-hydrogen) atoms. The van der Waals surface area contributed by atoms with Gasteiger partial charge in [-0.15, -0.1) is 0 Å². The number of ether oxygens (including phenoxy) is 3. The van der Waals surface area contributed by atoms with Gasteiger partial charge < -0.3 is 19.1 Å². The van der Waals surface area contributed by atoms with Crippen molar-refractivity contribution in [2.24, 2.45) is 0 Å². The van der Waals surface area contributed by atoms with Crippen LogP contribution < -0.4 is 19.1 Å². The number of urea groups is 1. The number of hydrogen-bond donors (Lipinski definition) is 0. The summed E-state index contributed by atoms with van der Waals surface area (Å²) in [5.41, 5.74) is 1.70. The highest BCUT2D eigenvalue weighted by molar-refractivity contribution is 5.93. The molecule has 0 unspecified atom stereocenters. The smallest absolute Gasteiger partial charge is 0.324 e. The second-order valence-corrected chi connectivity index (χ2v) is 6.92. The summed E-state index contributed by atoms with van der Waals surface area (Å²) in [6.07, 6.45) is 4.59. The third kappa shape index (κ3) is 4.91. The third-order valence-corrected chi connectivity index (χ3v) is 4.93. The summed E-state index contributed by atoms with van der Waals surface area (Å²) < 4.78 is 16.6. The highest BCUT2D eigenvalue weighted by atomic mass is 16.5. The van der Waals surface area contributed by atoms with Crippen molar-refractivity contribution in [1.82, 2.24) is 9.88 Å². The minimum absolute atomic E-state index is 0.0353. The first-order valence-electron chi connectivity index (χ1n) is 10.0. The first-order chi connectivity index (χ1) is 14.2. The van der Waals surface area contributed by atoms with E-state index in [0.717, 1.165) is 30.5 Å². The van der Waals surface area contributed by atoms with Crippen molar-refractivity contribution >= 4 is 11.7 Å². The standard InChI is InChI=1S/C22H29N3O4/c1-4-5-14-29-20-15-18(9-10-19(20)27-2)25-13-7-12-24(22(25)26)16-17-8-6-11-23-21(17)28-3/h6,8-11,15H,4-5,7,12-14,16H2,1-3H3. The first-order valence-corrected chi connectivity index (χ1v) is 10.0. The predicted molar refractivity (Wildman–Crippen MR) is 112 cm³/mol. The van der Waals surface area contributed by atoms with E-state index in [0.29, 0.717) is 43.6 Å². The van der Waals surface area contributed by atoms with Crippen LogP contribution in [0.2, 0.25) is 0 Å². The predicted octanol–water partition coefficient (Wildman–Crippen LogP) is 4.11. The highest BCUT2D eigenvalue weighted by Gasteiger charge is 2.28. The summed E-state index contributed by atoms with van der Waals surface area (Å²) in [4.78, 5) is 21.0. The van der Waals surface area contributed by atoms with Crippen LogP contribution in [0.25, 0.3) is 0 Å². The first kappa shape index (κ1) is 20.8. The van der Waals surface area contributed by atoms with Gasteiger partial charge in [0.25, 0.3) is 0 Å². The van der Waals surface area contributed by atoms with E-state index in [1.165, 1.54) is 0 Å². The minimum atomic E-state index is -0.0353. The van der Waals surface area contributed by atoms with Crippen molar-refractivity contribution in [2.75, 3.05) is 38.8 Å². The lowest BCUT2D eigenvalue weighted by Crippen LogP contribution is -2.49. The van der Waals surface area contributed by atoms with Crippen LogP contribution in [-0.4, -0.2) is 49.8 Å². The maximum Gasteiger partial charge on any atom is 0.324 e. The molecule has 0 radical (unpaired) electrons. The highest BCUT2D eigenvalue weighted by Crippen LogP contribution is 2.33. The van der Waals surface area contributed by atoms with Crippen molar-refractivity contribution in [3.05, 3.63) is 42.1 Å². The Balaban J connectivity index is 1.78. The molecule has 0 N–H and O–H groups in total. The average Bonchev–Trinajstić information content (AvgIpc) is 2.75. The number of carbonyl (C=O) groups excluding carboxylic acids is 1. The Morgan fingerprint density at radius 1 is 1.10 bits per heavy atom. The number of carbonyl (C=O) groups is 1. The number of benzene rings is 1. The van der Waals surface area contributed by atoms with Crippen LogP contribution in [0, 0.1) is 0 Å². The summed E-state index contributed by atoms with van der Waals surface area (Å²) in [5.74, 6) is 1.89. The fourth-order valence-corrected chi connectivity index (χ4v) is 3.37. The molecule has 0 saturated carbocycles. The molecular weight excluding hydrogens is 370 g/mol. The Morgan fingerprint density at radius 3 is 2.72 bits per heavy atom. The number of methoxy groups -OCH3 is 2. The number of amides is 2. The van der Waals surface area contributed by atoms with Crippen LogP contribution in [0.3, 0.4) is 0 Å². The van der Waals surface area contributed by atoms with Crippen LogP contribution in [0.4, 0.5) is 10.5 Å². The molecule has 7 nitrogen and oxygen atoms in total. The van der Waals surface area contributed by atoms with Gasteiger partial charge in [0.1, 0.15) is 0 Å². The van der Waals surface area contributed by atoms with E-state index >= 15 is 0 Å². The molecule has 0 atom stereocenters. The molecule has 1 fully saturated rings. The zero-order chi connectivity index (χ0) is 20.6. The minimum Gasteiger partial charge on any atom is -0.493 e. The van der Waals surface area contributed by atoms with Crippen molar-refractivity contribution in [3.8, 4) is 17.4 Å². The number of hydrogen-bond acceptors (Lipinski definition) is 5. The van der Waals surface area contributed by atoms with Crippen LogP contribution in [0.1, 0.15) is 31.7 Å². The largest absolute Gasteiger partial charge is 0.493 e. The molecule has 1 aromatic heterocycles. The average molecular weight is 399 g/mol. The molecular formula is C22H29N3O4. The van der Waals surface area contributed by atoms with E-state index in [1.807, 2.05) is 35.2 Å². The van der Waals surface area contributed by atoms with E-state index in [-0.39, 0.29) is 6.03 Å². The molecule has 2 heterocycles. The van der Waals surface area contributed by atoms with Crippen molar-refractivity contribution in [1.29, 1.82) is 0 Å².